The maximum Gasteiger partial charge on any atom is 0.410 e. The summed E-state index contributed by atoms with van der Waals surface area (Å²) in [6.45, 7) is 8.05. The number of piperidine rings is 1. The van der Waals surface area contributed by atoms with E-state index in [1.807, 2.05) is 37.3 Å². The van der Waals surface area contributed by atoms with Crippen LogP contribution in [0.25, 0.3) is 0 Å². The van der Waals surface area contributed by atoms with Crippen LogP contribution < -0.4 is 14.2 Å². The van der Waals surface area contributed by atoms with Crippen LogP contribution in [-0.4, -0.2) is 85.8 Å². The lowest BCUT2D eigenvalue weighted by atomic mass is 10.1. The Bertz CT molecular complexity index is 1670. The number of nitrogens with one attached hydrogen (secondary N) is 1. The highest BCUT2D eigenvalue weighted by Gasteiger charge is 2.34. The first kappa shape index (κ1) is 36.7. The predicted molar refractivity (Wildman–Crippen MR) is 183 cm³/mol. The zero-order valence-corrected chi connectivity index (χ0v) is 29.9. The van der Waals surface area contributed by atoms with E-state index in [1.165, 1.54) is 35.8 Å². The molecule has 1 aliphatic rings. The summed E-state index contributed by atoms with van der Waals surface area (Å²) in [6.07, 6.45) is 1.27. The first-order valence-corrected chi connectivity index (χ1v) is 18.2. The Balaban J connectivity index is 1.44. The number of carbonyl (C=O) groups is 3. The summed E-state index contributed by atoms with van der Waals surface area (Å²) in [4.78, 5) is 46.8. The number of thiazole rings is 1. The van der Waals surface area contributed by atoms with Crippen LogP contribution in [0.2, 0.25) is 0 Å². The van der Waals surface area contributed by atoms with Crippen LogP contribution in [0.3, 0.4) is 0 Å². The van der Waals surface area contributed by atoms with Crippen molar-refractivity contribution in [3.63, 3.8) is 0 Å². The Kier molecular flexibility index (Phi) is 12.1. The van der Waals surface area contributed by atoms with E-state index in [0.29, 0.717) is 35.0 Å². The third kappa shape index (κ3) is 9.69. The summed E-state index contributed by atoms with van der Waals surface area (Å²) >= 11 is 1.17. The summed E-state index contributed by atoms with van der Waals surface area (Å²) < 4.78 is 44.7. The van der Waals surface area contributed by atoms with Crippen molar-refractivity contribution in [2.24, 2.45) is 0 Å². The quantitative estimate of drug-likeness (QED) is 0.270. The largest absolute Gasteiger partial charge is 0.496 e. The Morgan fingerprint density at radius 3 is 2.25 bits per heavy atom. The molecule has 12 nitrogen and oxygen atoms in total. The van der Waals surface area contributed by atoms with E-state index in [4.69, 9.17) is 14.2 Å². The second-order valence-electron chi connectivity index (χ2n) is 12.6. The van der Waals surface area contributed by atoms with Crippen molar-refractivity contribution in [3.05, 3.63) is 75.2 Å². The molecule has 0 bridgehead atoms. The molecule has 260 valence electrons. The van der Waals surface area contributed by atoms with E-state index in [-0.39, 0.29) is 44.1 Å². The second kappa shape index (κ2) is 15.8. The molecule has 1 fully saturated rings. The van der Waals surface area contributed by atoms with Crippen LogP contribution in [0, 0.1) is 6.92 Å². The van der Waals surface area contributed by atoms with Gasteiger partial charge in [0.15, 0.2) is 0 Å². The molecular formula is C34H44N4O8S2. The van der Waals surface area contributed by atoms with Crippen molar-refractivity contribution in [3.8, 4) is 11.5 Å². The third-order valence-corrected chi connectivity index (χ3v) is 10.6. The van der Waals surface area contributed by atoms with Gasteiger partial charge in [0.05, 0.1) is 26.0 Å². The number of nitrogens with zero attached hydrogens (tertiary/aromatic N) is 3. The molecule has 3 amide bonds. The van der Waals surface area contributed by atoms with E-state index in [1.54, 1.807) is 37.8 Å². The van der Waals surface area contributed by atoms with Gasteiger partial charge in [-0.15, -0.1) is 11.3 Å². The fraction of sp³-hybridized carbons (Fsp3) is 0.471. The lowest BCUT2D eigenvalue weighted by molar-refractivity contribution is 0.0216. The van der Waals surface area contributed by atoms with Crippen LogP contribution in [0.4, 0.5) is 4.79 Å². The van der Waals surface area contributed by atoms with Gasteiger partial charge < -0.3 is 24.0 Å². The van der Waals surface area contributed by atoms with E-state index in [2.05, 4.69) is 9.71 Å². The monoisotopic (exact) mass is 700 g/mol. The average Bonchev–Trinajstić information content (AvgIpc) is 3.52. The first-order valence-electron chi connectivity index (χ1n) is 15.7. The van der Waals surface area contributed by atoms with E-state index < -0.39 is 32.9 Å². The van der Waals surface area contributed by atoms with Crippen LogP contribution in [0.15, 0.2) is 47.8 Å². The molecule has 0 spiro atoms. The van der Waals surface area contributed by atoms with Gasteiger partial charge in [-0.05, 0) is 71.1 Å². The number of benzene rings is 2. The maximum absolute atomic E-state index is 13.9. The van der Waals surface area contributed by atoms with Gasteiger partial charge in [-0.2, -0.15) is 0 Å². The Morgan fingerprint density at radius 1 is 1.04 bits per heavy atom. The number of aromatic nitrogens is 1. The Morgan fingerprint density at radius 2 is 1.67 bits per heavy atom. The highest BCUT2D eigenvalue weighted by molar-refractivity contribution is 7.90. The molecule has 1 saturated heterocycles. The van der Waals surface area contributed by atoms with Crippen LogP contribution in [-0.2, 0) is 27.7 Å². The summed E-state index contributed by atoms with van der Waals surface area (Å²) in [5, 5.41) is 1.11. The fourth-order valence-corrected chi connectivity index (χ4v) is 7.50. The number of hydrogen-bond acceptors (Lipinski definition) is 10. The van der Waals surface area contributed by atoms with E-state index >= 15 is 0 Å². The number of hydrogen-bond donors (Lipinski definition) is 1. The lowest BCUT2D eigenvalue weighted by Crippen LogP contribution is -2.47. The molecule has 0 unspecified atom stereocenters. The zero-order chi connectivity index (χ0) is 35.1. The van der Waals surface area contributed by atoms with Crippen molar-refractivity contribution in [1.82, 2.24) is 19.5 Å². The van der Waals surface area contributed by atoms with Crippen LogP contribution in [0.1, 0.15) is 77.0 Å². The molecule has 48 heavy (non-hydrogen) atoms. The van der Waals surface area contributed by atoms with E-state index in [0.717, 1.165) is 17.5 Å². The average molecular weight is 701 g/mol. The highest BCUT2D eigenvalue weighted by Crippen LogP contribution is 2.30. The molecule has 1 aromatic heterocycles. The summed E-state index contributed by atoms with van der Waals surface area (Å²) in [5.41, 5.74) is 1.58. The molecular weight excluding hydrogens is 657 g/mol. The molecule has 0 aliphatic carbocycles. The number of sulfonamides is 1. The first-order chi connectivity index (χ1) is 22.7. The van der Waals surface area contributed by atoms with E-state index in [9.17, 15) is 22.8 Å². The Labute approximate surface area is 286 Å². The van der Waals surface area contributed by atoms with Crippen molar-refractivity contribution >= 4 is 39.3 Å². The van der Waals surface area contributed by atoms with Gasteiger partial charge >= 0.3 is 6.09 Å². The molecule has 4 rings (SSSR count). The van der Waals surface area contributed by atoms with Crippen molar-refractivity contribution in [1.29, 1.82) is 0 Å². The molecule has 3 aromatic rings. The van der Waals surface area contributed by atoms with Crippen LogP contribution in [0.5, 0.6) is 11.5 Å². The molecule has 0 saturated carbocycles. The molecule has 1 aliphatic heterocycles. The third-order valence-electron chi connectivity index (χ3n) is 7.90. The molecule has 2 heterocycles. The molecule has 2 aromatic carbocycles. The minimum Gasteiger partial charge on any atom is -0.496 e. The second-order valence-corrected chi connectivity index (χ2v) is 15.5. The van der Waals surface area contributed by atoms with Gasteiger partial charge in [0.25, 0.3) is 11.8 Å². The molecule has 1 N–H and O–H groups in total. The van der Waals surface area contributed by atoms with Gasteiger partial charge in [0.2, 0.25) is 10.0 Å². The van der Waals surface area contributed by atoms with Crippen molar-refractivity contribution in [2.45, 2.75) is 70.8 Å². The maximum atomic E-state index is 13.9. The SMILES string of the molecule is COc1cc(C(=O)N(CCCc2ccccc2)Cc2nc(C(=O)NS(=O)(=O)C3CCN(C(=O)OC(C)(C)C)CC3)cs2)cc(OC)c1C. The highest BCUT2D eigenvalue weighted by atomic mass is 32.2. The van der Waals surface area contributed by atoms with Gasteiger partial charge in [-0.3, -0.25) is 9.59 Å². The Hall–Kier alpha value is -4.17. The predicted octanol–water partition coefficient (Wildman–Crippen LogP) is 5.20. The lowest BCUT2D eigenvalue weighted by Gasteiger charge is -2.33. The molecule has 0 atom stereocenters. The fourth-order valence-electron chi connectivity index (χ4n) is 5.35. The zero-order valence-electron chi connectivity index (χ0n) is 28.3. The summed E-state index contributed by atoms with van der Waals surface area (Å²) in [5.74, 6) is -0.0677. The number of rotatable bonds is 12. The van der Waals surface area contributed by atoms with Crippen molar-refractivity contribution < 1.29 is 37.0 Å². The smallest absolute Gasteiger partial charge is 0.410 e. The number of likely N-dealkylation sites (tertiary alicyclic amines) is 1. The van der Waals surface area contributed by atoms with Gasteiger partial charge in [0.1, 0.15) is 27.8 Å². The van der Waals surface area contributed by atoms with Crippen molar-refractivity contribution in [2.75, 3.05) is 33.9 Å². The number of aryl methyl sites for hydroxylation is 1. The molecule has 14 heteroatoms. The normalized spacial score (nSPS) is 13.9. The van der Waals surface area contributed by atoms with Gasteiger partial charge in [0, 0.05) is 36.1 Å². The number of ether oxygens (including phenoxy) is 3. The topological polar surface area (TPSA) is 144 Å². The number of methoxy groups -OCH3 is 2. The minimum atomic E-state index is -4.04. The number of amides is 3. The standard InChI is InChI=1S/C34H44N4O8S2/c1-23-28(44-5)19-25(20-29(23)45-6)32(40)38(16-10-13-24-11-8-7-9-12-24)21-30-35-27(22-47-30)31(39)36-48(42,43)26-14-17-37(18-15-26)33(41)46-34(2,3)4/h7-9,11-12,19-20,22,26H,10,13-18,21H2,1-6H3,(H,36,39). The number of carbonyl (C=O) groups excluding carboxylic acids is 3. The van der Waals surface area contributed by atoms with Gasteiger partial charge in [-0.25, -0.2) is 22.9 Å². The molecule has 0 radical (unpaired) electrons. The minimum absolute atomic E-state index is 0.0554. The summed E-state index contributed by atoms with van der Waals surface area (Å²) in [6, 6.07) is 13.3. The summed E-state index contributed by atoms with van der Waals surface area (Å²) in [7, 11) is -0.974. The van der Waals surface area contributed by atoms with Crippen LogP contribution >= 0.6 is 11.3 Å². The van der Waals surface area contributed by atoms with Gasteiger partial charge in [-0.1, -0.05) is 30.3 Å².